The highest BCUT2D eigenvalue weighted by atomic mass is 35.5. The van der Waals surface area contributed by atoms with Gasteiger partial charge in [0.15, 0.2) is 11.5 Å². The number of anilines is 1. The number of rotatable bonds is 4. The number of hydrogen-bond acceptors (Lipinski definition) is 5. The normalized spacial score (nSPS) is 15.3. The van der Waals surface area contributed by atoms with Gasteiger partial charge in [0.05, 0.1) is 36.1 Å². The van der Waals surface area contributed by atoms with Crippen LogP contribution in [-0.2, 0) is 14.3 Å². The molecule has 2 aromatic rings. The summed E-state index contributed by atoms with van der Waals surface area (Å²) in [4.78, 5) is 26.8. The summed E-state index contributed by atoms with van der Waals surface area (Å²) in [7, 11) is 2.60. The summed E-state index contributed by atoms with van der Waals surface area (Å²) in [5, 5.41) is 10.2. The van der Waals surface area contributed by atoms with Crippen molar-refractivity contribution in [3.05, 3.63) is 69.6 Å². The van der Waals surface area contributed by atoms with Crippen LogP contribution in [0, 0.1) is 5.82 Å². The van der Waals surface area contributed by atoms with Gasteiger partial charge >= 0.3 is 5.97 Å². The van der Waals surface area contributed by atoms with Crippen molar-refractivity contribution in [3.63, 3.8) is 0 Å². The molecule has 0 unspecified atom stereocenters. The van der Waals surface area contributed by atoms with Crippen molar-refractivity contribution >= 4 is 35.2 Å². The third kappa shape index (κ3) is 3.56. The highest BCUT2D eigenvalue weighted by Gasteiger charge is 2.38. The van der Waals surface area contributed by atoms with E-state index in [9.17, 15) is 19.1 Å². The molecule has 0 fully saturated rings. The van der Waals surface area contributed by atoms with Gasteiger partial charge in [0.2, 0.25) is 0 Å². The molecular weight excluding hydrogens is 401 g/mol. The summed E-state index contributed by atoms with van der Waals surface area (Å²) in [6, 6.07) is 8.56. The monoisotopic (exact) mass is 417 g/mol. The van der Waals surface area contributed by atoms with Gasteiger partial charge in [0.25, 0.3) is 5.91 Å². The average Bonchev–Trinajstić information content (AvgIpc) is 2.95. The van der Waals surface area contributed by atoms with Crippen molar-refractivity contribution in [2.45, 2.75) is 6.92 Å². The number of aromatic hydroxyl groups is 1. The number of amides is 1. The van der Waals surface area contributed by atoms with E-state index in [4.69, 9.17) is 21.1 Å². The van der Waals surface area contributed by atoms with Crippen LogP contribution in [0.25, 0.3) is 6.08 Å². The first-order valence-corrected chi connectivity index (χ1v) is 8.84. The number of carbonyl (C=O) groups excluding carboxylic acids is 2. The number of methoxy groups -OCH3 is 2. The summed E-state index contributed by atoms with van der Waals surface area (Å²) >= 11 is 5.85. The second kappa shape index (κ2) is 7.97. The van der Waals surface area contributed by atoms with Crippen LogP contribution in [0.15, 0.2) is 53.2 Å². The van der Waals surface area contributed by atoms with Crippen LogP contribution in [-0.4, -0.2) is 31.2 Å². The van der Waals surface area contributed by atoms with E-state index in [1.54, 1.807) is 25.1 Å². The van der Waals surface area contributed by atoms with E-state index >= 15 is 0 Å². The number of carbonyl (C=O) groups is 2. The number of allylic oxidation sites excluding steroid dienone is 1. The minimum atomic E-state index is -0.722. The van der Waals surface area contributed by atoms with Crippen LogP contribution in [0.3, 0.4) is 0 Å². The van der Waals surface area contributed by atoms with Gasteiger partial charge < -0.3 is 14.6 Å². The standard InChI is InChI=1S/C21H17ClFNO5/c1-11-18(21(27)29-3)14(9-12-5-4-6-17(28-2)19(12)25)20(26)24(11)13-7-8-16(23)15(22)10-13/h4-10,25H,1-3H3/b14-9-. The molecule has 0 radical (unpaired) electrons. The molecule has 0 bridgehead atoms. The number of phenols is 1. The summed E-state index contributed by atoms with van der Waals surface area (Å²) in [6.07, 6.45) is 1.38. The Morgan fingerprint density at radius 2 is 1.97 bits per heavy atom. The number of nitrogens with zero attached hydrogens (tertiary/aromatic N) is 1. The first-order chi connectivity index (χ1) is 13.8. The van der Waals surface area contributed by atoms with Crippen LogP contribution in [0.5, 0.6) is 11.5 Å². The topological polar surface area (TPSA) is 76.1 Å². The summed E-state index contributed by atoms with van der Waals surface area (Å²) in [5.41, 5.74) is 0.899. The molecule has 1 N–H and O–H groups in total. The van der Waals surface area contributed by atoms with Gasteiger partial charge in [-0.25, -0.2) is 9.18 Å². The molecule has 8 heteroatoms. The Morgan fingerprint density at radius 1 is 1.24 bits per heavy atom. The molecule has 6 nitrogen and oxygen atoms in total. The van der Waals surface area contributed by atoms with Crippen molar-refractivity contribution in [2.75, 3.05) is 19.1 Å². The lowest BCUT2D eigenvalue weighted by Gasteiger charge is -2.18. The van der Waals surface area contributed by atoms with E-state index in [0.29, 0.717) is 5.69 Å². The molecule has 2 aromatic carbocycles. The molecule has 1 aliphatic rings. The molecule has 0 saturated heterocycles. The molecule has 1 heterocycles. The van der Waals surface area contributed by atoms with Gasteiger partial charge in [0, 0.05) is 11.3 Å². The summed E-state index contributed by atoms with van der Waals surface area (Å²) in [5.74, 6) is -1.87. The zero-order chi connectivity index (χ0) is 21.3. The molecule has 29 heavy (non-hydrogen) atoms. The predicted octanol–water partition coefficient (Wildman–Crippen LogP) is 4.07. The highest BCUT2D eigenvalue weighted by molar-refractivity contribution is 6.31. The third-order valence-corrected chi connectivity index (χ3v) is 4.79. The lowest BCUT2D eigenvalue weighted by atomic mass is 10.0. The first kappa shape index (κ1) is 20.4. The first-order valence-electron chi connectivity index (χ1n) is 8.46. The van der Waals surface area contributed by atoms with E-state index in [-0.39, 0.29) is 38.9 Å². The van der Waals surface area contributed by atoms with E-state index in [2.05, 4.69) is 0 Å². The van der Waals surface area contributed by atoms with Crippen LogP contribution in [0.1, 0.15) is 12.5 Å². The molecule has 150 valence electrons. The molecule has 0 spiro atoms. The molecule has 3 rings (SSSR count). The van der Waals surface area contributed by atoms with Gasteiger partial charge in [-0.05, 0) is 37.3 Å². The number of hydrogen-bond donors (Lipinski definition) is 1. The van der Waals surface area contributed by atoms with Crippen LogP contribution >= 0.6 is 11.6 Å². The number of halogens is 2. The quantitative estimate of drug-likeness (QED) is 0.599. The summed E-state index contributed by atoms with van der Waals surface area (Å²) < 4.78 is 23.5. The Hall–Kier alpha value is -3.32. The maximum absolute atomic E-state index is 13.5. The van der Waals surface area contributed by atoms with Gasteiger partial charge in [-0.1, -0.05) is 23.7 Å². The Morgan fingerprint density at radius 3 is 2.59 bits per heavy atom. The number of para-hydroxylation sites is 1. The lowest BCUT2D eigenvalue weighted by Crippen LogP contribution is -2.24. The Bertz CT molecular complexity index is 1080. The van der Waals surface area contributed by atoms with Gasteiger partial charge in [0.1, 0.15) is 5.82 Å². The number of benzene rings is 2. The van der Waals surface area contributed by atoms with E-state index in [0.717, 1.165) is 6.07 Å². The van der Waals surface area contributed by atoms with Crippen LogP contribution < -0.4 is 9.64 Å². The number of phenolic OH excluding ortho intramolecular Hbond substituents is 1. The SMILES string of the molecule is COC(=O)C1=C(C)N(c2ccc(F)c(Cl)c2)C(=O)/C1=C\c1cccc(OC)c1O. The third-order valence-electron chi connectivity index (χ3n) is 4.50. The summed E-state index contributed by atoms with van der Waals surface area (Å²) in [6.45, 7) is 1.56. The van der Waals surface area contributed by atoms with Gasteiger partial charge in [-0.3, -0.25) is 9.69 Å². The van der Waals surface area contributed by atoms with Crippen molar-refractivity contribution in [1.82, 2.24) is 0 Å². The van der Waals surface area contributed by atoms with E-state index < -0.39 is 17.7 Å². The second-order valence-electron chi connectivity index (χ2n) is 6.15. The molecule has 0 aliphatic carbocycles. The van der Waals surface area contributed by atoms with Crippen molar-refractivity contribution in [2.24, 2.45) is 0 Å². The smallest absolute Gasteiger partial charge is 0.340 e. The maximum atomic E-state index is 13.5. The molecule has 1 aliphatic heterocycles. The zero-order valence-electron chi connectivity index (χ0n) is 15.8. The molecule has 0 atom stereocenters. The minimum Gasteiger partial charge on any atom is -0.504 e. The maximum Gasteiger partial charge on any atom is 0.340 e. The molecule has 0 saturated carbocycles. The van der Waals surface area contributed by atoms with Crippen molar-refractivity contribution in [1.29, 1.82) is 0 Å². The fourth-order valence-electron chi connectivity index (χ4n) is 3.09. The van der Waals surface area contributed by atoms with Crippen molar-refractivity contribution < 1.29 is 28.6 Å². The zero-order valence-corrected chi connectivity index (χ0v) is 16.6. The molecular formula is C21H17ClFNO5. The van der Waals surface area contributed by atoms with Crippen LogP contribution in [0.4, 0.5) is 10.1 Å². The minimum absolute atomic E-state index is 0.0124. The largest absolute Gasteiger partial charge is 0.504 e. The molecule has 0 aromatic heterocycles. The number of ether oxygens (including phenoxy) is 2. The number of esters is 1. The second-order valence-corrected chi connectivity index (χ2v) is 6.55. The Labute approximate surface area is 171 Å². The molecule has 1 amide bonds. The Kier molecular flexibility index (Phi) is 5.61. The fourth-order valence-corrected chi connectivity index (χ4v) is 3.27. The van der Waals surface area contributed by atoms with Crippen LogP contribution in [0.2, 0.25) is 5.02 Å². The van der Waals surface area contributed by atoms with Crippen molar-refractivity contribution in [3.8, 4) is 11.5 Å². The lowest BCUT2D eigenvalue weighted by molar-refractivity contribution is -0.136. The van der Waals surface area contributed by atoms with Gasteiger partial charge in [-0.2, -0.15) is 0 Å². The Balaban J connectivity index is 2.18. The highest BCUT2D eigenvalue weighted by Crippen LogP contribution is 2.38. The average molecular weight is 418 g/mol. The van der Waals surface area contributed by atoms with E-state index in [1.807, 2.05) is 0 Å². The predicted molar refractivity (Wildman–Crippen MR) is 106 cm³/mol. The van der Waals surface area contributed by atoms with Gasteiger partial charge in [-0.15, -0.1) is 0 Å². The fraction of sp³-hybridized carbons (Fsp3) is 0.143. The van der Waals surface area contributed by atoms with E-state index in [1.165, 1.54) is 37.3 Å².